The molecule has 1 aliphatic rings. The predicted molar refractivity (Wildman–Crippen MR) is 68.8 cm³/mol. The first-order valence-electron chi connectivity index (χ1n) is 5.59. The molecule has 0 atom stereocenters. The van der Waals surface area contributed by atoms with Gasteiger partial charge in [-0.3, -0.25) is 0 Å². The Bertz CT molecular complexity index is 523. The van der Waals surface area contributed by atoms with Crippen LogP contribution in [0.15, 0.2) is 12.4 Å². The normalized spacial score (nSPS) is 13.7. The summed E-state index contributed by atoms with van der Waals surface area (Å²) in [5.74, 6) is 4.31. The van der Waals surface area contributed by atoms with Crippen molar-refractivity contribution < 1.29 is 0 Å². The number of fused-ring (bicyclic) bond motifs is 1. The van der Waals surface area contributed by atoms with Crippen molar-refractivity contribution in [2.24, 2.45) is 0 Å². The molecule has 0 fully saturated rings. The fourth-order valence-corrected chi connectivity index (χ4v) is 2.90. The highest BCUT2D eigenvalue weighted by Crippen LogP contribution is 2.33. The molecule has 5 nitrogen and oxygen atoms in total. The van der Waals surface area contributed by atoms with E-state index >= 15 is 0 Å². The van der Waals surface area contributed by atoms with Gasteiger partial charge in [-0.15, -0.1) is 0 Å². The molecule has 0 saturated heterocycles. The van der Waals surface area contributed by atoms with Gasteiger partial charge in [-0.1, -0.05) is 0 Å². The number of nitrogens with zero attached hydrogens (tertiary/aromatic N) is 3. The smallest absolute Gasteiger partial charge is 0.197 e. The number of nitrogens with one attached hydrogen (secondary N) is 2. The fourth-order valence-electron chi connectivity index (χ4n) is 1.86. The van der Waals surface area contributed by atoms with Crippen LogP contribution in [-0.4, -0.2) is 26.5 Å². The highest BCUT2D eigenvalue weighted by atomic mass is 32.2. The lowest BCUT2D eigenvalue weighted by Gasteiger charge is -2.09. The number of anilines is 1. The number of thioether (sulfide) groups is 1. The number of aromatic nitrogens is 4. The van der Waals surface area contributed by atoms with Crippen LogP contribution >= 0.6 is 11.8 Å². The Morgan fingerprint density at radius 1 is 1.41 bits per heavy atom. The summed E-state index contributed by atoms with van der Waals surface area (Å²) in [5, 5.41) is 3.30. The molecule has 0 aromatic carbocycles. The lowest BCUT2D eigenvalue weighted by Crippen LogP contribution is -2.07. The minimum Gasteiger partial charge on any atom is -0.370 e. The van der Waals surface area contributed by atoms with Gasteiger partial charge in [0.25, 0.3) is 0 Å². The third-order valence-electron chi connectivity index (χ3n) is 2.63. The second-order valence-electron chi connectivity index (χ2n) is 3.78. The Kier molecular flexibility index (Phi) is 2.72. The summed E-state index contributed by atoms with van der Waals surface area (Å²) in [6.07, 6.45) is 3.50. The van der Waals surface area contributed by atoms with Crippen LogP contribution in [0.1, 0.15) is 18.2 Å². The van der Waals surface area contributed by atoms with Crippen molar-refractivity contribution in [3.63, 3.8) is 0 Å². The largest absolute Gasteiger partial charge is 0.370 e. The molecule has 0 radical (unpaired) electrons. The summed E-state index contributed by atoms with van der Waals surface area (Å²) in [6, 6.07) is 0. The first kappa shape index (κ1) is 10.6. The van der Waals surface area contributed by atoms with E-state index < -0.39 is 0 Å². The van der Waals surface area contributed by atoms with Gasteiger partial charge in [0.1, 0.15) is 5.82 Å². The Morgan fingerprint density at radius 3 is 3.12 bits per heavy atom. The fraction of sp³-hybridized carbons (Fsp3) is 0.364. The molecule has 0 spiro atoms. The topological polar surface area (TPSA) is 66.5 Å². The van der Waals surface area contributed by atoms with Crippen LogP contribution in [0, 0.1) is 0 Å². The minimum absolute atomic E-state index is 0.673. The summed E-state index contributed by atoms with van der Waals surface area (Å²) in [5.41, 5.74) is 2.37. The highest BCUT2D eigenvalue weighted by Gasteiger charge is 2.20. The molecule has 3 heterocycles. The van der Waals surface area contributed by atoms with Crippen LogP contribution in [0.5, 0.6) is 0 Å². The molecule has 17 heavy (non-hydrogen) atoms. The van der Waals surface area contributed by atoms with E-state index in [-0.39, 0.29) is 0 Å². The molecular formula is C11H13N5S. The summed E-state index contributed by atoms with van der Waals surface area (Å²) in [6.45, 7) is 2.94. The van der Waals surface area contributed by atoms with Crippen LogP contribution in [0.2, 0.25) is 0 Å². The number of hydrogen-bond acceptors (Lipinski definition) is 5. The second kappa shape index (κ2) is 4.37. The van der Waals surface area contributed by atoms with E-state index in [1.54, 1.807) is 12.4 Å². The number of H-pyrrole nitrogens is 1. The maximum absolute atomic E-state index is 4.57. The average Bonchev–Trinajstić information content (AvgIpc) is 3.00. The number of rotatable bonds is 3. The van der Waals surface area contributed by atoms with E-state index in [1.807, 2.05) is 11.8 Å². The predicted octanol–water partition coefficient (Wildman–Crippen LogP) is 2.05. The van der Waals surface area contributed by atoms with Crippen molar-refractivity contribution in [1.29, 1.82) is 0 Å². The molecule has 0 amide bonds. The molecule has 2 aromatic heterocycles. The third-order valence-corrected chi connectivity index (χ3v) is 3.60. The van der Waals surface area contributed by atoms with E-state index in [0.717, 1.165) is 35.4 Å². The highest BCUT2D eigenvalue weighted by molar-refractivity contribution is 7.98. The molecule has 88 valence electrons. The molecule has 0 aliphatic carbocycles. The molecular weight excluding hydrogens is 234 g/mol. The van der Waals surface area contributed by atoms with Gasteiger partial charge in [-0.25, -0.2) is 15.0 Å². The van der Waals surface area contributed by atoms with Gasteiger partial charge in [0, 0.05) is 36.0 Å². The Balaban J connectivity index is 2.09. The van der Waals surface area contributed by atoms with Gasteiger partial charge in [0.2, 0.25) is 0 Å². The van der Waals surface area contributed by atoms with Gasteiger partial charge in [0.05, 0.1) is 5.69 Å². The summed E-state index contributed by atoms with van der Waals surface area (Å²) < 4.78 is 0. The minimum atomic E-state index is 0.673. The lowest BCUT2D eigenvalue weighted by atomic mass is 10.2. The first-order chi connectivity index (χ1) is 8.38. The van der Waals surface area contributed by atoms with Crippen LogP contribution in [0.25, 0.3) is 11.6 Å². The van der Waals surface area contributed by atoms with Crippen molar-refractivity contribution in [2.45, 2.75) is 18.4 Å². The molecule has 2 N–H and O–H groups in total. The zero-order valence-electron chi connectivity index (χ0n) is 9.53. The maximum atomic E-state index is 4.57. The van der Waals surface area contributed by atoms with Crippen LogP contribution in [0.3, 0.4) is 0 Å². The van der Waals surface area contributed by atoms with Crippen molar-refractivity contribution >= 4 is 17.6 Å². The Hall–Kier alpha value is -1.56. The molecule has 0 bridgehead atoms. The van der Waals surface area contributed by atoms with E-state index in [4.69, 9.17) is 0 Å². The Labute approximate surface area is 103 Å². The van der Waals surface area contributed by atoms with Crippen molar-refractivity contribution in [3.05, 3.63) is 23.7 Å². The van der Waals surface area contributed by atoms with Crippen LogP contribution in [-0.2, 0) is 11.5 Å². The standard InChI is InChI=1S/C11H13N5S/c1-2-12-9-7-5-17-6-8(7)15-11(16-9)10-13-3-4-14-10/h3-4H,2,5-6H2,1H3,(H,13,14)(H,12,15,16). The van der Waals surface area contributed by atoms with Crippen molar-refractivity contribution in [1.82, 2.24) is 19.9 Å². The van der Waals surface area contributed by atoms with E-state index in [0.29, 0.717) is 5.82 Å². The van der Waals surface area contributed by atoms with E-state index in [9.17, 15) is 0 Å². The monoisotopic (exact) mass is 247 g/mol. The van der Waals surface area contributed by atoms with E-state index in [2.05, 4.69) is 32.2 Å². The quantitative estimate of drug-likeness (QED) is 0.869. The third kappa shape index (κ3) is 1.88. The second-order valence-corrected chi connectivity index (χ2v) is 4.77. The zero-order valence-corrected chi connectivity index (χ0v) is 10.3. The number of imidazole rings is 1. The summed E-state index contributed by atoms with van der Waals surface area (Å²) in [4.78, 5) is 16.4. The molecule has 1 aliphatic heterocycles. The first-order valence-corrected chi connectivity index (χ1v) is 6.75. The molecule has 0 saturated carbocycles. The number of aromatic amines is 1. The van der Waals surface area contributed by atoms with Crippen LogP contribution < -0.4 is 5.32 Å². The van der Waals surface area contributed by atoms with Gasteiger partial charge in [-0.05, 0) is 6.92 Å². The maximum Gasteiger partial charge on any atom is 0.197 e. The number of hydrogen-bond donors (Lipinski definition) is 2. The van der Waals surface area contributed by atoms with Crippen molar-refractivity contribution in [3.8, 4) is 11.6 Å². The molecule has 6 heteroatoms. The van der Waals surface area contributed by atoms with Crippen molar-refractivity contribution in [2.75, 3.05) is 11.9 Å². The van der Waals surface area contributed by atoms with Gasteiger partial charge < -0.3 is 10.3 Å². The van der Waals surface area contributed by atoms with Crippen LogP contribution in [0.4, 0.5) is 5.82 Å². The van der Waals surface area contributed by atoms with Gasteiger partial charge in [0.15, 0.2) is 11.6 Å². The Morgan fingerprint density at radius 2 is 2.35 bits per heavy atom. The average molecular weight is 247 g/mol. The van der Waals surface area contributed by atoms with E-state index in [1.165, 1.54) is 5.56 Å². The SMILES string of the molecule is CCNc1nc(-c2ncc[nH]2)nc2c1CSC2. The molecule has 0 unspecified atom stereocenters. The van der Waals surface area contributed by atoms with Gasteiger partial charge >= 0.3 is 0 Å². The summed E-state index contributed by atoms with van der Waals surface area (Å²) >= 11 is 1.88. The molecule has 2 aromatic rings. The molecule has 3 rings (SSSR count). The zero-order chi connectivity index (χ0) is 11.7. The van der Waals surface area contributed by atoms with Gasteiger partial charge in [-0.2, -0.15) is 11.8 Å². The summed E-state index contributed by atoms with van der Waals surface area (Å²) in [7, 11) is 0. The lowest BCUT2D eigenvalue weighted by molar-refractivity contribution is 1.03.